The summed E-state index contributed by atoms with van der Waals surface area (Å²) in [4.78, 5) is 13.8. The lowest BCUT2D eigenvalue weighted by atomic mass is 9.94. The number of fused-ring (bicyclic) bond motifs is 1. The first kappa shape index (κ1) is 13.6. The van der Waals surface area contributed by atoms with Gasteiger partial charge in [0.25, 0.3) is 0 Å². The number of ether oxygens (including phenoxy) is 2. The van der Waals surface area contributed by atoms with Gasteiger partial charge in [0.15, 0.2) is 0 Å². The van der Waals surface area contributed by atoms with Crippen molar-refractivity contribution in [1.29, 1.82) is 0 Å². The van der Waals surface area contributed by atoms with Crippen LogP contribution in [-0.4, -0.2) is 55.5 Å². The van der Waals surface area contributed by atoms with Crippen molar-refractivity contribution in [3.63, 3.8) is 0 Å². The Bertz CT molecular complexity index is 301. The summed E-state index contributed by atoms with van der Waals surface area (Å²) in [7, 11) is 0. The van der Waals surface area contributed by atoms with Crippen LogP contribution in [0.15, 0.2) is 0 Å². The minimum absolute atomic E-state index is 0.154. The number of hydrogen-bond acceptors (Lipinski definition) is 4. The van der Waals surface area contributed by atoms with Gasteiger partial charge in [-0.2, -0.15) is 0 Å². The van der Waals surface area contributed by atoms with E-state index in [-0.39, 0.29) is 12.2 Å². The molecule has 2 rings (SSSR count). The summed E-state index contributed by atoms with van der Waals surface area (Å²) in [6.45, 7) is 9.72. The first-order chi connectivity index (χ1) is 8.46. The third-order valence-electron chi connectivity index (χ3n) is 3.36. The van der Waals surface area contributed by atoms with Crippen molar-refractivity contribution >= 4 is 6.09 Å². The molecule has 2 saturated heterocycles. The molecule has 2 fully saturated rings. The Labute approximate surface area is 109 Å². The van der Waals surface area contributed by atoms with Gasteiger partial charge in [0.2, 0.25) is 0 Å². The van der Waals surface area contributed by atoms with E-state index in [0.29, 0.717) is 12.5 Å². The number of amides is 1. The predicted octanol–water partition coefficient (Wildman–Crippen LogP) is 1.23. The molecule has 0 aliphatic carbocycles. The van der Waals surface area contributed by atoms with E-state index in [9.17, 15) is 4.79 Å². The smallest absolute Gasteiger partial charge is 0.410 e. The summed E-state index contributed by atoms with van der Waals surface area (Å²) >= 11 is 0. The fourth-order valence-corrected chi connectivity index (χ4v) is 2.45. The molecule has 0 aromatic rings. The summed E-state index contributed by atoms with van der Waals surface area (Å²) in [6, 6.07) is 0. The van der Waals surface area contributed by atoms with Crippen LogP contribution in [0.1, 0.15) is 27.2 Å². The molecule has 5 heteroatoms. The van der Waals surface area contributed by atoms with Crippen LogP contribution in [0.4, 0.5) is 4.79 Å². The normalized spacial score (nSPS) is 29.4. The van der Waals surface area contributed by atoms with Crippen molar-refractivity contribution in [1.82, 2.24) is 10.2 Å². The molecule has 2 heterocycles. The van der Waals surface area contributed by atoms with E-state index in [0.717, 1.165) is 32.7 Å². The predicted molar refractivity (Wildman–Crippen MR) is 68.5 cm³/mol. The molecule has 104 valence electrons. The number of nitrogens with one attached hydrogen (secondary N) is 1. The highest BCUT2D eigenvalue weighted by atomic mass is 16.6. The fraction of sp³-hybridized carbons (Fsp3) is 0.923. The van der Waals surface area contributed by atoms with Gasteiger partial charge in [-0.25, -0.2) is 4.79 Å². The van der Waals surface area contributed by atoms with Crippen LogP contribution in [-0.2, 0) is 9.47 Å². The van der Waals surface area contributed by atoms with Crippen molar-refractivity contribution in [2.45, 2.75) is 38.9 Å². The van der Waals surface area contributed by atoms with E-state index in [4.69, 9.17) is 9.47 Å². The molecule has 0 aromatic carbocycles. The number of likely N-dealkylation sites (tertiary alicyclic amines) is 1. The maximum atomic E-state index is 12.0. The standard InChI is InChI=1S/C13H24N2O3/c1-13(2,3)18-12(16)15-6-4-10-8-14-5-7-17-11(10)9-15/h10-11,14H,4-9H2,1-3H3/t10-,11+/m1/s1. The number of carbonyl (C=O) groups is 1. The molecular weight excluding hydrogens is 232 g/mol. The average molecular weight is 256 g/mol. The second-order valence-corrected chi connectivity index (χ2v) is 6.09. The van der Waals surface area contributed by atoms with E-state index in [1.165, 1.54) is 0 Å². The lowest BCUT2D eigenvalue weighted by Gasteiger charge is -2.37. The summed E-state index contributed by atoms with van der Waals surface area (Å²) in [5.74, 6) is 0.520. The van der Waals surface area contributed by atoms with Gasteiger partial charge in [0.05, 0.1) is 19.3 Å². The SMILES string of the molecule is CC(C)(C)OC(=O)N1CC[C@@H]2CNCCO[C@H]2C1. The zero-order valence-corrected chi connectivity index (χ0v) is 11.6. The van der Waals surface area contributed by atoms with Crippen LogP contribution in [0.5, 0.6) is 0 Å². The molecule has 0 spiro atoms. The molecule has 2 aliphatic heterocycles. The zero-order valence-electron chi connectivity index (χ0n) is 11.6. The van der Waals surface area contributed by atoms with Gasteiger partial charge in [-0.3, -0.25) is 0 Å². The van der Waals surface area contributed by atoms with E-state index >= 15 is 0 Å². The number of nitrogens with zero attached hydrogens (tertiary/aromatic N) is 1. The van der Waals surface area contributed by atoms with Gasteiger partial charge >= 0.3 is 6.09 Å². The van der Waals surface area contributed by atoms with Crippen LogP contribution in [0.25, 0.3) is 0 Å². The molecule has 0 radical (unpaired) electrons. The van der Waals surface area contributed by atoms with E-state index in [1.807, 2.05) is 20.8 Å². The first-order valence-corrected chi connectivity index (χ1v) is 6.76. The monoisotopic (exact) mass is 256 g/mol. The van der Waals surface area contributed by atoms with Gasteiger partial charge in [-0.1, -0.05) is 0 Å². The Morgan fingerprint density at radius 2 is 2.22 bits per heavy atom. The highest BCUT2D eigenvalue weighted by Crippen LogP contribution is 2.23. The van der Waals surface area contributed by atoms with Crippen LogP contribution in [0.3, 0.4) is 0 Å². The summed E-state index contributed by atoms with van der Waals surface area (Å²) < 4.78 is 11.2. The van der Waals surface area contributed by atoms with Crippen molar-refractivity contribution in [3.05, 3.63) is 0 Å². The molecule has 2 atom stereocenters. The second kappa shape index (κ2) is 5.45. The molecule has 1 amide bonds. The third kappa shape index (κ3) is 3.59. The summed E-state index contributed by atoms with van der Waals surface area (Å²) in [5.41, 5.74) is -0.431. The second-order valence-electron chi connectivity index (χ2n) is 6.09. The van der Waals surface area contributed by atoms with Crippen molar-refractivity contribution in [2.75, 3.05) is 32.8 Å². The topological polar surface area (TPSA) is 50.8 Å². The molecule has 0 unspecified atom stereocenters. The van der Waals surface area contributed by atoms with Crippen LogP contribution >= 0.6 is 0 Å². The average Bonchev–Trinajstić information content (AvgIpc) is 2.50. The minimum atomic E-state index is -0.431. The quantitative estimate of drug-likeness (QED) is 0.708. The van der Waals surface area contributed by atoms with E-state index < -0.39 is 5.60 Å². The minimum Gasteiger partial charge on any atom is -0.444 e. The molecule has 5 nitrogen and oxygen atoms in total. The van der Waals surface area contributed by atoms with Gasteiger partial charge in [0.1, 0.15) is 5.60 Å². The molecule has 18 heavy (non-hydrogen) atoms. The number of rotatable bonds is 0. The van der Waals surface area contributed by atoms with Gasteiger partial charge in [-0.15, -0.1) is 0 Å². The molecule has 0 saturated carbocycles. The van der Waals surface area contributed by atoms with Crippen LogP contribution < -0.4 is 5.32 Å². The number of carbonyl (C=O) groups excluding carboxylic acids is 1. The Hall–Kier alpha value is -0.810. The van der Waals surface area contributed by atoms with Crippen LogP contribution in [0, 0.1) is 5.92 Å². The number of piperidine rings is 1. The van der Waals surface area contributed by atoms with E-state index in [2.05, 4.69) is 5.32 Å². The maximum absolute atomic E-state index is 12.0. The molecule has 2 aliphatic rings. The largest absolute Gasteiger partial charge is 0.444 e. The van der Waals surface area contributed by atoms with Crippen molar-refractivity contribution in [2.24, 2.45) is 5.92 Å². The lowest BCUT2D eigenvalue weighted by Crippen LogP contribution is -2.50. The van der Waals surface area contributed by atoms with Gasteiger partial charge in [-0.05, 0) is 27.2 Å². The Balaban J connectivity index is 1.91. The zero-order chi connectivity index (χ0) is 13.2. The Kier molecular flexibility index (Phi) is 4.12. The first-order valence-electron chi connectivity index (χ1n) is 6.76. The molecular formula is C13H24N2O3. The molecule has 0 aromatic heterocycles. The third-order valence-corrected chi connectivity index (χ3v) is 3.36. The van der Waals surface area contributed by atoms with Gasteiger partial charge < -0.3 is 19.7 Å². The van der Waals surface area contributed by atoms with E-state index in [1.54, 1.807) is 4.90 Å². The molecule has 0 bridgehead atoms. The Morgan fingerprint density at radius 3 is 2.94 bits per heavy atom. The maximum Gasteiger partial charge on any atom is 0.410 e. The summed E-state index contributed by atoms with van der Waals surface area (Å²) in [5, 5.41) is 3.37. The molecule has 1 N–H and O–H groups in total. The van der Waals surface area contributed by atoms with Crippen LogP contribution in [0.2, 0.25) is 0 Å². The fourth-order valence-electron chi connectivity index (χ4n) is 2.45. The van der Waals surface area contributed by atoms with Crippen molar-refractivity contribution in [3.8, 4) is 0 Å². The van der Waals surface area contributed by atoms with Gasteiger partial charge in [0, 0.05) is 25.6 Å². The lowest BCUT2D eigenvalue weighted by molar-refractivity contribution is -0.0349. The highest BCUT2D eigenvalue weighted by Gasteiger charge is 2.34. The highest BCUT2D eigenvalue weighted by molar-refractivity contribution is 5.68. The van der Waals surface area contributed by atoms with Crippen molar-refractivity contribution < 1.29 is 14.3 Å². The Morgan fingerprint density at radius 1 is 1.44 bits per heavy atom. The number of hydrogen-bond donors (Lipinski definition) is 1. The summed E-state index contributed by atoms with van der Waals surface area (Å²) in [6.07, 6.45) is 0.916.